The molecule has 1 fully saturated rings. The molecule has 4 aromatic rings. The van der Waals surface area contributed by atoms with E-state index in [0.29, 0.717) is 0 Å². The van der Waals surface area contributed by atoms with Gasteiger partial charge in [0.25, 0.3) is 0 Å². The molecule has 0 amide bonds. The van der Waals surface area contributed by atoms with Gasteiger partial charge in [-0.15, -0.1) is 0 Å². The van der Waals surface area contributed by atoms with Crippen LogP contribution in [0.3, 0.4) is 0 Å². The van der Waals surface area contributed by atoms with Crippen molar-refractivity contribution in [3.63, 3.8) is 0 Å². The SMILES string of the molecule is c1cn2c(-c3cn[nH]c3)cnc2c(Nc2ccc(N3CCNCC3)cc2)n1. The van der Waals surface area contributed by atoms with Crippen LogP contribution in [0.15, 0.2) is 55.2 Å². The Bertz CT molecular complexity index is 1030. The second-order valence-electron chi connectivity index (χ2n) is 6.51. The summed E-state index contributed by atoms with van der Waals surface area (Å²) < 4.78 is 2.01. The molecule has 1 aliphatic heterocycles. The first kappa shape index (κ1) is 15.8. The number of rotatable bonds is 4. The van der Waals surface area contributed by atoms with Gasteiger partial charge in [0.2, 0.25) is 0 Å². The lowest BCUT2D eigenvalue weighted by atomic mass is 10.2. The lowest BCUT2D eigenvalue weighted by Gasteiger charge is -2.29. The number of nitrogens with one attached hydrogen (secondary N) is 3. The third kappa shape index (κ3) is 3.00. The Morgan fingerprint density at radius 2 is 1.85 bits per heavy atom. The van der Waals surface area contributed by atoms with Crippen LogP contribution >= 0.6 is 0 Å². The van der Waals surface area contributed by atoms with Gasteiger partial charge < -0.3 is 15.5 Å². The molecule has 8 nitrogen and oxygen atoms in total. The van der Waals surface area contributed by atoms with E-state index >= 15 is 0 Å². The number of hydrogen-bond acceptors (Lipinski definition) is 6. The first-order chi connectivity index (χ1) is 13.4. The number of aromatic nitrogens is 5. The Kier molecular flexibility index (Phi) is 3.95. The number of nitrogens with zero attached hydrogens (tertiary/aromatic N) is 5. The second-order valence-corrected chi connectivity index (χ2v) is 6.51. The topological polar surface area (TPSA) is 86.2 Å². The molecule has 0 aliphatic carbocycles. The number of piperazine rings is 1. The van der Waals surface area contributed by atoms with E-state index in [2.05, 4.69) is 60.0 Å². The normalized spacial score (nSPS) is 14.6. The summed E-state index contributed by atoms with van der Waals surface area (Å²) in [5.74, 6) is 0.724. The van der Waals surface area contributed by atoms with Crippen molar-refractivity contribution >= 4 is 22.8 Å². The van der Waals surface area contributed by atoms with E-state index in [1.807, 2.05) is 23.0 Å². The summed E-state index contributed by atoms with van der Waals surface area (Å²) in [5, 5.41) is 13.6. The van der Waals surface area contributed by atoms with E-state index in [1.54, 1.807) is 12.4 Å². The van der Waals surface area contributed by atoms with Gasteiger partial charge >= 0.3 is 0 Å². The number of H-pyrrole nitrogens is 1. The molecular formula is C19H20N8. The van der Waals surface area contributed by atoms with E-state index in [9.17, 15) is 0 Å². The van der Waals surface area contributed by atoms with E-state index in [1.165, 1.54) is 5.69 Å². The van der Waals surface area contributed by atoms with Crippen molar-refractivity contribution in [2.75, 3.05) is 36.4 Å². The fourth-order valence-electron chi connectivity index (χ4n) is 3.43. The van der Waals surface area contributed by atoms with Gasteiger partial charge in [0.1, 0.15) is 0 Å². The molecule has 5 rings (SSSR count). The van der Waals surface area contributed by atoms with Crippen molar-refractivity contribution in [2.45, 2.75) is 0 Å². The Morgan fingerprint density at radius 3 is 2.63 bits per heavy atom. The fraction of sp³-hybridized carbons (Fsp3) is 0.211. The number of hydrogen-bond donors (Lipinski definition) is 3. The van der Waals surface area contributed by atoms with E-state index in [-0.39, 0.29) is 0 Å². The molecule has 8 heteroatoms. The molecule has 0 spiro atoms. The Hall–Kier alpha value is -3.39. The molecule has 0 atom stereocenters. The summed E-state index contributed by atoms with van der Waals surface area (Å²) in [7, 11) is 0. The Morgan fingerprint density at radius 1 is 1.00 bits per heavy atom. The second kappa shape index (κ2) is 6.73. The maximum atomic E-state index is 4.54. The first-order valence-electron chi connectivity index (χ1n) is 9.02. The third-order valence-electron chi connectivity index (χ3n) is 4.83. The van der Waals surface area contributed by atoms with Gasteiger partial charge in [-0.25, -0.2) is 9.97 Å². The minimum Gasteiger partial charge on any atom is -0.369 e. The van der Waals surface area contributed by atoms with Gasteiger partial charge in [-0.2, -0.15) is 5.10 Å². The molecule has 1 aromatic carbocycles. The smallest absolute Gasteiger partial charge is 0.180 e. The molecule has 1 aliphatic rings. The lowest BCUT2D eigenvalue weighted by Crippen LogP contribution is -2.43. The standard InChI is InChI=1S/C19H20N8/c1-3-16(26-8-5-20-6-9-26)4-2-15(1)25-18-19-22-13-17(14-11-23-24-12-14)27(19)10-7-21-18/h1-4,7,10-13,20H,5-6,8-9H2,(H,21,25)(H,23,24). The summed E-state index contributed by atoms with van der Waals surface area (Å²) in [6.45, 7) is 4.15. The van der Waals surface area contributed by atoms with E-state index in [0.717, 1.165) is 54.6 Å². The molecule has 1 saturated heterocycles. The van der Waals surface area contributed by atoms with Gasteiger partial charge in [-0.1, -0.05) is 0 Å². The van der Waals surface area contributed by atoms with Crippen LogP contribution in [0.2, 0.25) is 0 Å². The molecule has 0 unspecified atom stereocenters. The number of benzene rings is 1. The van der Waals surface area contributed by atoms with Gasteiger partial charge in [-0.3, -0.25) is 9.50 Å². The minimum atomic E-state index is 0.724. The average molecular weight is 360 g/mol. The van der Waals surface area contributed by atoms with Gasteiger partial charge in [0, 0.05) is 61.7 Å². The monoisotopic (exact) mass is 360 g/mol. The van der Waals surface area contributed by atoms with Crippen LogP contribution in [0.1, 0.15) is 0 Å². The number of imidazole rings is 1. The third-order valence-corrected chi connectivity index (χ3v) is 4.83. The summed E-state index contributed by atoms with van der Waals surface area (Å²) in [5.41, 5.74) is 4.97. The van der Waals surface area contributed by atoms with Crippen LogP contribution in [0.25, 0.3) is 16.9 Å². The molecular weight excluding hydrogens is 340 g/mol. The van der Waals surface area contributed by atoms with E-state index in [4.69, 9.17) is 0 Å². The largest absolute Gasteiger partial charge is 0.369 e. The fourth-order valence-corrected chi connectivity index (χ4v) is 3.43. The average Bonchev–Trinajstić information content (AvgIpc) is 3.39. The van der Waals surface area contributed by atoms with Gasteiger partial charge in [-0.05, 0) is 24.3 Å². The van der Waals surface area contributed by atoms with Crippen LogP contribution in [0, 0.1) is 0 Å². The van der Waals surface area contributed by atoms with Crippen molar-refractivity contribution in [1.82, 2.24) is 29.9 Å². The van der Waals surface area contributed by atoms with Crippen LogP contribution < -0.4 is 15.5 Å². The highest BCUT2D eigenvalue weighted by atomic mass is 15.2. The van der Waals surface area contributed by atoms with Gasteiger partial charge in [0.15, 0.2) is 11.5 Å². The quantitative estimate of drug-likeness (QED) is 0.518. The van der Waals surface area contributed by atoms with Crippen molar-refractivity contribution < 1.29 is 0 Å². The van der Waals surface area contributed by atoms with Crippen molar-refractivity contribution in [2.24, 2.45) is 0 Å². The number of fused-ring (bicyclic) bond motifs is 1. The van der Waals surface area contributed by atoms with Crippen molar-refractivity contribution in [3.8, 4) is 11.3 Å². The summed E-state index contributed by atoms with van der Waals surface area (Å²) in [6.07, 6.45) is 9.15. The van der Waals surface area contributed by atoms with Crippen LogP contribution in [0.4, 0.5) is 17.2 Å². The first-order valence-corrected chi connectivity index (χ1v) is 9.02. The summed E-state index contributed by atoms with van der Waals surface area (Å²) >= 11 is 0. The maximum Gasteiger partial charge on any atom is 0.180 e. The van der Waals surface area contributed by atoms with Crippen molar-refractivity contribution in [1.29, 1.82) is 0 Å². The van der Waals surface area contributed by atoms with E-state index < -0.39 is 0 Å². The zero-order chi connectivity index (χ0) is 18.1. The molecule has 0 radical (unpaired) electrons. The molecule has 0 saturated carbocycles. The Balaban J connectivity index is 1.41. The number of aromatic amines is 1. The highest BCUT2D eigenvalue weighted by Gasteiger charge is 2.12. The Labute approximate surface area is 156 Å². The molecule has 3 N–H and O–H groups in total. The summed E-state index contributed by atoms with van der Waals surface area (Å²) in [4.78, 5) is 11.4. The predicted octanol–water partition coefficient (Wildman–Crippen LogP) is 2.27. The minimum absolute atomic E-state index is 0.724. The molecule has 4 heterocycles. The molecule has 3 aromatic heterocycles. The highest BCUT2D eigenvalue weighted by molar-refractivity contribution is 5.74. The lowest BCUT2D eigenvalue weighted by molar-refractivity contribution is 0.589. The van der Waals surface area contributed by atoms with Gasteiger partial charge in [0.05, 0.1) is 18.1 Å². The molecule has 27 heavy (non-hydrogen) atoms. The zero-order valence-corrected chi connectivity index (χ0v) is 14.8. The van der Waals surface area contributed by atoms with Crippen molar-refractivity contribution in [3.05, 3.63) is 55.2 Å². The number of anilines is 3. The van der Waals surface area contributed by atoms with Crippen LogP contribution in [-0.4, -0.2) is 50.7 Å². The predicted molar refractivity (Wildman–Crippen MR) is 105 cm³/mol. The van der Waals surface area contributed by atoms with Crippen LogP contribution in [-0.2, 0) is 0 Å². The zero-order valence-electron chi connectivity index (χ0n) is 14.8. The summed E-state index contributed by atoms with van der Waals surface area (Å²) in [6, 6.07) is 8.47. The highest BCUT2D eigenvalue weighted by Crippen LogP contribution is 2.25. The molecule has 136 valence electrons. The molecule has 0 bridgehead atoms. The van der Waals surface area contributed by atoms with Crippen LogP contribution in [0.5, 0.6) is 0 Å². The maximum absolute atomic E-state index is 4.54.